The molecule has 3 atom stereocenters. The largest absolute Gasteiger partial charge is 0.337 e. The summed E-state index contributed by atoms with van der Waals surface area (Å²) in [4.78, 5) is 13.6. The molecule has 1 amide bonds. The standard InChI is InChI=1S/C10H18N2OS/c11-8-3-1-2-4-9(8)12-6-7(14)5-10(12)13/h7-9,14H,1-6,11H2/t7?,8-,9+/m1/s1. The summed E-state index contributed by atoms with van der Waals surface area (Å²) in [6, 6.07) is 0.472. The zero-order chi connectivity index (χ0) is 10.1. The number of likely N-dealkylation sites (tertiary alicyclic amines) is 1. The summed E-state index contributed by atoms with van der Waals surface area (Å²) < 4.78 is 0. The quantitative estimate of drug-likeness (QED) is 0.634. The van der Waals surface area contributed by atoms with Crippen LogP contribution in [0.15, 0.2) is 0 Å². The van der Waals surface area contributed by atoms with E-state index >= 15 is 0 Å². The Balaban J connectivity index is 2.02. The first-order valence-corrected chi connectivity index (χ1v) is 5.93. The molecule has 0 aromatic rings. The van der Waals surface area contributed by atoms with Gasteiger partial charge in [-0.1, -0.05) is 12.8 Å². The Morgan fingerprint density at radius 1 is 1.36 bits per heavy atom. The van der Waals surface area contributed by atoms with Gasteiger partial charge >= 0.3 is 0 Å². The summed E-state index contributed by atoms with van der Waals surface area (Å²) in [6.45, 7) is 0.792. The number of carbonyl (C=O) groups excluding carboxylic acids is 1. The molecule has 1 saturated carbocycles. The average molecular weight is 214 g/mol. The van der Waals surface area contributed by atoms with Crippen molar-refractivity contribution in [2.24, 2.45) is 5.73 Å². The van der Waals surface area contributed by atoms with E-state index in [1.807, 2.05) is 4.90 Å². The number of amides is 1. The maximum absolute atomic E-state index is 11.7. The summed E-state index contributed by atoms with van der Waals surface area (Å²) in [5.41, 5.74) is 6.05. The van der Waals surface area contributed by atoms with Crippen molar-refractivity contribution in [2.45, 2.75) is 49.4 Å². The summed E-state index contributed by atoms with van der Waals surface area (Å²) in [5.74, 6) is 0.243. The van der Waals surface area contributed by atoms with Crippen molar-refractivity contribution >= 4 is 18.5 Å². The Bertz CT molecular complexity index is 234. The Kier molecular flexibility index (Phi) is 3.02. The molecule has 1 aliphatic heterocycles. The van der Waals surface area contributed by atoms with E-state index in [4.69, 9.17) is 5.73 Å². The molecule has 1 unspecified atom stereocenters. The summed E-state index contributed by atoms with van der Waals surface area (Å²) >= 11 is 4.36. The highest BCUT2D eigenvalue weighted by Gasteiger charge is 2.36. The van der Waals surface area contributed by atoms with E-state index < -0.39 is 0 Å². The summed E-state index contributed by atoms with van der Waals surface area (Å²) in [6.07, 6.45) is 5.15. The molecule has 1 aliphatic carbocycles. The molecule has 0 aromatic carbocycles. The van der Waals surface area contributed by atoms with Gasteiger partial charge in [-0.25, -0.2) is 0 Å². The highest BCUT2D eigenvalue weighted by molar-refractivity contribution is 7.81. The van der Waals surface area contributed by atoms with Crippen LogP contribution in [0.4, 0.5) is 0 Å². The van der Waals surface area contributed by atoms with E-state index in [9.17, 15) is 4.79 Å². The molecule has 2 fully saturated rings. The minimum Gasteiger partial charge on any atom is -0.337 e. The first-order valence-electron chi connectivity index (χ1n) is 5.41. The molecule has 4 heteroatoms. The number of hydrogen-bond acceptors (Lipinski definition) is 3. The van der Waals surface area contributed by atoms with Crippen LogP contribution >= 0.6 is 12.6 Å². The Morgan fingerprint density at radius 2 is 2.07 bits per heavy atom. The molecule has 0 radical (unpaired) electrons. The Hall–Kier alpha value is -0.220. The van der Waals surface area contributed by atoms with Crippen LogP contribution in [0.5, 0.6) is 0 Å². The molecular formula is C10H18N2OS. The first kappa shape index (κ1) is 10.3. The monoisotopic (exact) mass is 214 g/mol. The molecule has 2 aliphatic rings. The second kappa shape index (κ2) is 4.11. The van der Waals surface area contributed by atoms with Gasteiger partial charge in [-0.05, 0) is 12.8 Å². The second-order valence-electron chi connectivity index (χ2n) is 4.42. The third kappa shape index (κ3) is 1.91. The van der Waals surface area contributed by atoms with Crippen LogP contribution in [0.25, 0.3) is 0 Å². The van der Waals surface area contributed by atoms with Crippen molar-refractivity contribution in [3.8, 4) is 0 Å². The number of hydrogen-bond donors (Lipinski definition) is 2. The lowest BCUT2D eigenvalue weighted by atomic mass is 9.90. The smallest absolute Gasteiger partial charge is 0.224 e. The van der Waals surface area contributed by atoms with Crippen LogP contribution in [-0.2, 0) is 4.79 Å². The van der Waals surface area contributed by atoms with Crippen LogP contribution in [0.2, 0.25) is 0 Å². The van der Waals surface area contributed by atoms with Crippen molar-refractivity contribution < 1.29 is 4.79 Å². The van der Waals surface area contributed by atoms with Gasteiger partial charge in [0.25, 0.3) is 0 Å². The molecule has 2 N–H and O–H groups in total. The fourth-order valence-electron chi connectivity index (χ4n) is 2.56. The molecule has 0 bridgehead atoms. The fraction of sp³-hybridized carbons (Fsp3) is 0.900. The highest BCUT2D eigenvalue weighted by atomic mass is 32.1. The van der Waals surface area contributed by atoms with Gasteiger partial charge in [0.05, 0.1) is 0 Å². The van der Waals surface area contributed by atoms with Crippen molar-refractivity contribution in [2.75, 3.05) is 6.54 Å². The van der Waals surface area contributed by atoms with Crippen LogP contribution in [0.1, 0.15) is 32.1 Å². The lowest BCUT2D eigenvalue weighted by Crippen LogP contribution is -2.50. The van der Waals surface area contributed by atoms with Crippen LogP contribution < -0.4 is 5.73 Å². The molecule has 1 heterocycles. The lowest BCUT2D eigenvalue weighted by Gasteiger charge is -2.36. The van der Waals surface area contributed by atoms with Crippen molar-refractivity contribution in [3.63, 3.8) is 0 Å². The van der Waals surface area contributed by atoms with Crippen LogP contribution in [0, 0.1) is 0 Å². The average Bonchev–Trinajstić information content (AvgIpc) is 2.46. The fourth-order valence-corrected chi connectivity index (χ4v) is 2.89. The van der Waals surface area contributed by atoms with E-state index in [-0.39, 0.29) is 23.2 Å². The normalized spacial score (nSPS) is 39.1. The van der Waals surface area contributed by atoms with E-state index in [0.717, 1.165) is 19.4 Å². The maximum atomic E-state index is 11.7. The van der Waals surface area contributed by atoms with Gasteiger partial charge < -0.3 is 10.6 Å². The zero-order valence-electron chi connectivity index (χ0n) is 8.35. The number of nitrogens with zero attached hydrogens (tertiary/aromatic N) is 1. The number of rotatable bonds is 1. The third-order valence-corrected chi connectivity index (χ3v) is 3.67. The van der Waals surface area contributed by atoms with E-state index in [1.165, 1.54) is 12.8 Å². The topological polar surface area (TPSA) is 46.3 Å². The molecule has 0 spiro atoms. The van der Waals surface area contributed by atoms with Gasteiger partial charge in [0, 0.05) is 30.3 Å². The lowest BCUT2D eigenvalue weighted by molar-refractivity contribution is -0.130. The van der Waals surface area contributed by atoms with Crippen molar-refractivity contribution in [3.05, 3.63) is 0 Å². The minimum absolute atomic E-state index is 0.186. The van der Waals surface area contributed by atoms with Gasteiger partial charge in [-0.3, -0.25) is 4.79 Å². The SMILES string of the molecule is N[C@@H]1CCCC[C@@H]1N1CC(S)CC1=O. The number of carbonyl (C=O) groups is 1. The van der Waals surface area contributed by atoms with E-state index in [1.54, 1.807) is 0 Å². The van der Waals surface area contributed by atoms with Gasteiger partial charge in [-0.2, -0.15) is 12.6 Å². The van der Waals surface area contributed by atoms with Crippen LogP contribution in [-0.4, -0.2) is 34.7 Å². The number of nitrogens with two attached hydrogens (primary N) is 1. The molecule has 2 rings (SSSR count). The predicted octanol–water partition coefficient (Wildman–Crippen LogP) is 0.787. The molecule has 0 aromatic heterocycles. The predicted molar refractivity (Wildman–Crippen MR) is 59.3 cm³/mol. The van der Waals surface area contributed by atoms with Crippen LogP contribution in [0.3, 0.4) is 0 Å². The maximum Gasteiger partial charge on any atom is 0.224 e. The Morgan fingerprint density at radius 3 is 2.64 bits per heavy atom. The summed E-state index contributed by atoms with van der Waals surface area (Å²) in [7, 11) is 0. The van der Waals surface area contributed by atoms with E-state index in [2.05, 4.69) is 12.6 Å². The highest BCUT2D eigenvalue weighted by Crippen LogP contribution is 2.27. The first-order chi connectivity index (χ1) is 6.68. The number of thiol groups is 1. The molecular weight excluding hydrogens is 196 g/mol. The van der Waals surface area contributed by atoms with Gasteiger partial charge in [0.1, 0.15) is 0 Å². The molecule has 3 nitrogen and oxygen atoms in total. The Labute approximate surface area is 90.4 Å². The van der Waals surface area contributed by atoms with E-state index in [0.29, 0.717) is 6.42 Å². The molecule has 80 valence electrons. The second-order valence-corrected chi connectivity index (χ2v) is 5.15. The minimum atomic E-state index is 0.186. The van der Waals surface area contributed by atoms with Crippen molar-refractivity contribution in [1.29, 1.82) is 0 Å². The van der Waals surface area contributed by atoms with Gasteiger partial charge in [0.2, 0.25) is 5.91 Å². The molecule has 14 heavy (non-hydrogen) atoms. The third-order valence-electron chi connectivity index (χ3n) is 3.32. The summed E-state index contributed by atoms with van der Waals surface area (Å²) in [5, 5.41) is 0.219. The zero-order valence-corrected chi connectivity index (χ0v) is 9.25. The van der Waals surface area contributed by atoms with Gasteiger partial charge in [-0.15, -0.1) is 0 Å². The molecule has 1 saturated heterocycles. The van der Waals surface area contributed by atoms with Crippen molar-refractivity contribution in [1.82, 2.24) is 4.90 Å². The van der Waals surface area contributed by atoms with Gasteiger partial charge in [0.15, 0.2) is 0 Å².